The Labute approximate surface area is 115 Å². The fourth-order valence-corrected chi connectivity index (χ4v) is 3.31. The first kappa shape index (κ1) is 14.0. The van der Waals surface area contributed by atoms with Crippen molar-refractivity contribution in [1.29, 1.82) is 0 Å². The third-order valence-electron chi connectivity index (χ3n) is 3.64. The van der Waals surface area contributed by atoms with Gasteiger partial charge < -0.3 is 5.32 Å². The summed E-state index contributed by atoms with van der Waals surface area (Å²) in [6.07, 6.45) is 2.64. The molecule has 1 aliphatic heterocycles. The van der Waals surface area contributed by atoms with E-state index < -0.39 is 0 Å². The minimum absolute atomic E-state index is 0.432. The van der Waals surface area contributed by atoms with Gasteiger partial charge in [0.1, 0.15) is 0 Å². The van der Waals surface area contributed by atoms with Crippen LogP contribution in [0.4, 0.5) is 0 Å². The minimum atomic E-state index is 0.432. The summed E-state index contributed by atoms with van der Waals surface area (Å²) in [5.41, 5.74) is 3.16. The lowest BCUT2D eigenvalue weighted by atomic mass is 10.1. The van der Waals surface area contributed by atoms with Crippen molar-refractivity contribution in [3.05, 3.63) is 16.6 Å². The van der Waals surface area contributed by atoms with E-state index >= 15 is 0 Å². The van der Waals surface area contributed by atoms with Crippen LogP contribution in [0, 0.1) is 5.92 Å². The van der Waals surface area contributed by atoms with Crippen LogP contribution in [0.25, 0.3) is 0 Å². The first-order chi connectivity index (χ1) is 8.66. The maximum atomic E-state index is 4.48. The second-order valence-electron chi connectivity index (χ2n) is 5.73. The van der Waals surface area contributed by atoms with Crippen LogP contribution in [0.15, 0.2) is 10.9 Å². The van der Waals surface area contributed by atoms with Crippen molar-refractivity contribution in [2.24, 2.45) is 5.92 Å². The highest BCUT2D eigenvalue weighted by atomic mass is 32.1. The average molecular weight is 267 g/mol. The minimum Gasteiger partial charge on any atom is -0.313 e. The van der Waals surface area contributed by atoms with Gasteiger partial charge in [0.15, 0.2) is 0 Å². The van der Waals surface area contributed by atoms with Crippen LogP contribution >= 0.6 is 11.3 Å². The average Bonchev–Trinajstić information content (AvgIpc) is 2.99. The van der Waals surface area contributed by atoms with Gasteiger partial charge in [0.2, 0.25) is 0 Å². The molecule has 0 saturated carbocycles. The molecule has 1 fully saturated rings. The number of thiazole rings is 1. The summed E-state index contributed by atoms with van der Waals surface area (Å²) >= 11 is 1.69. The predicted molar refractivity (Wildman–Crippen MR) is 78.0 cm³/mol. The molecule has 0 spiro atoms. The van der Waals surface area contributed by atoms with Crippen LogP contribution < -0.4 is 5.32 Å². The molecule has 1 saturated heterocycles. The maximum Gasteiger partial charge on any atom is 0.0795 e. The van der Waals surface area contributed by atoms with Crippen molar-refractivity contribution in [1.82, 2.24) is 15.2 Å². The molecule has 0 bridgehead atoms. The van der Waals surface area contributed by atoms with Crippen LogP contribution in [-0.2, 0) is 0 Å². The van der Waals surface area contributed by atoms with Gasteiger partial charge in [0.05, 0.1) is 17.2 Å². The zero-order chi connectivity index (χ0) is 13.0. The predicted octanol–water partition coefficient (Wildman–Crippen LogP) is 2.91. The second-order valence-corrected chi connectivity index (χ2v) is 6.45. The first-order valence-corrected chi connectivity index (χ1v) is 7.96. The molecule has 2 unspecified atom stereocenters. The molecule has 2 atom stereocenters. The summed E-state index contributed by atoms with van der Waals surface area (Å²) in [4.78, 5) is 7.06. The van der Waals surface area contributed by atoms with Crippen LogP contribution in [0.1, 0.15) is 45.3 Å². The van der Waals surface area contributed by atoms with Crippen molar-refractivity contribution in [3.8, 4) is 0 Å². The van der Waals surface area contributed by atoms with Gasteiger partial charge in [-0.3, -0.25) is 4.90 Å². The Morgan fingerprint density at radius 2 is 2.33 bits per heavy atom. The molecule has 0 aliphatic carbocycles. The Kier molecular flexibility index (Phi) is 5.15. The summed E-state index contributed by atoms with van der Waals surface area (Å²) in [5.74, 6) is 0.701. The van der Waals surface area contributed by atoms with E-state index in [0.717, 1.165) is 13.1 Å². The summed E-state index contributed by atoms with van der Waals surface area (Å²) in [6, 6.07) is 1.10. The van der Waals surface area contributed by atoms with E-state index in [1.165, 1.54) is 25.1 Å². The monoisotopic (exact) mass is 267 g/mol. The molecule has 0 amide bonds. The maximum absolute atomic E-state index is 4.48. The van der Waals surface area contributed by atoms with Gasteiger partial charge in [-0.05, 0) is 32.2 Å². The van der Waals surface area contributed by atoms with Gasteiger partial charge in [-0.1, -0.05) is 13.8 Å². The summed E-state index contributed by atoms with van der Waals surface area (Å²) in [6.45, 7) is 10.4. The molecule has 1 aromatic heterocycles. The lowest BCUT2D eigenvalue weighted by Gasteiger charge is -2.32. The largest absolute Gasteiger partial charge is 0.313 e. The smallest absolute Gasteiger partial charge is 0.0795 e. The fraction of sp³-hybridized carbons (Fsp3) is 0.786. The molecule has 102 valence electrons. The van der Waals surface area contributed by atoms with Gasteiger partial charge in [0.25, 0.3) is 0 Å². The van der Waals surface area contributed by atoms with Crippen molar-refractivity contribution in [2.45, 2.75) is 45.7 Å². The number of rotatable bonds is 6. The number of nitrogens with zero attached hydrogens (tertiary/aromatic N) is 2. The molecule has 1 N–H and O–H groups in total. The van der Waals surface area contributed by atoms with Gasteiger partial charge in [0, 0.05) is 24.5 Å². The Morgan fingerprint density at radius 3 is 2.89 bits per heavy atom. The first-order valence-electron chi connectivity index (χ1n) is 7.02. The van der Waals surface area contributed by atoms with E-state index in [2.05, 4.69) is 41.4 Å². The molecule has 4 heteroatoms. The normalized spacial score (nSPS) is 21.9. The summed E-state index contributed by atoms with van der Waals surface area (Å²) in [5, 5.41) is 5.78. The fourth-order valence-electron chi connectivity index (χ4n) is 2.67. The molecule has 3 nitrogen and oxygen atoms in total. The molecule has 2 rings (SSSR count). The lowest BCUT2D eigenvalue weighted by Crippen LogP contribution is -2.40. The highest BCUT2D eigenvalue weighted by Gasteiger charge is 2.23. The van der Waals surface area contributed by atoms with Gasteiger partial charge in [-0.2, -0.15) is 0 Å². The van der Waals surface area contributed by atoms with Gasteiger partial charge >= 0.3 is 0 Å². The van der Waals surface area contributed by atoms with E-state index in [1.54, 1.807) is 11.3 Å². The highest BCUT2D eigenvalue weighted by Crippen LogP contribution is 2.22. The number of aromatic nitrogens is 1. The van der Waals surface area contributed by atoms with E-state index in [1.807, 2.05) is 5.51 Å². The number of hydrogen-bond donors (Lipinski definition) is 1. The molecule has 1 aliphatic rings. The van der Waals surface area contributed by atoms with Crippen LogP contribution in [0.3, 0.4) is 0 Å². The van der Waals surface area contributed by atoms with E-state index in [-0.39, 0.29) is 0 Å². The molecular weight excluding hydrogens is 242 g/mol. The number of hydrogen-bond acceptors (Lipinski definition) is 4. The third-order valence-corrected chi connectivity index (χ3v) is 4.25. The van der Waals surface area contributed by atoms with Crippen LogP contribution in [0.5, 0.6) is 0 Å². The SMILES string of the molecule is CC(C)CN(CC1CCCN1)C(C)c1cscn1. The van der Waals surface area contributed by atoms with Crippen LogP contribution in [-0.4, -0.2) is 35.6 Å². The quantitative estimate of drug-likeness (QED) is 0.859. The van der Waals surface area contributed by atoms with Crippen molar-refractivity contribution < 1.29 is 0 Å². The topological polar surface area (TPSA) is 28.2 Å². The zero-order valence-corrected chi connectivity index (χ0v) is 12.5. The second kappa shape index (κ2) is 6.64. The Balaban J connectivity index is 1.99. The Bertz CT molecular complexity index is 331. The highest BCUT2D eigenvalue weighted by molar-refractivity contribution is 7.07. The van der Waals surface area contributed by atoms with Crippen LogP contribution in [0.2, 0.25) is 0 Å². The van der Waals surface area contributed by atoms with Gasteiger partial charge in [-0.25, -0.2) is 4.98 Å². The lowest BCUT2D eigenvalue weighted by molar-refractivity contribution is 0.169. The summed E-state index contributed by atoms with van der Waals surface area (Å²) < 4.78 is 0. The summed E-state index contributed by atoms with van der Waals surface area (Å²) in [7, 11) is 0. The molecule has 0 radical (unpaired) electrons. The number of nitrogens with one attached hydrogen (secondary N) is 1. The standard InChI is InChI=1S/C14H25N3S/c1-11(2)7-17(8-13-5-4-6-15-13)12(3)14-9-18-10-16-14/h9-13,15H,4-8H2,1-3H3. The van der Waals surface area contributed by atoms with Crippen molar-refractivity contribution in [2.75, 3.05) is 19.6 Å². The Hall–Kier alpha value is -0.450. The third kappa shape index (κ3) is 3.77. The van der Waals surface area contributed by atoms with Gasteiger partial charge in [-0.15, -0.1) is 11.3 Å². The molecule has 2 heterocycles. The zero-order valence-electron chi connectivity index (χ0n) is 11.7. The van der Waals surface area contributed by atoms with E-state index in [4.69, 9.17) is 0 Å². The molecular formula is C14H25N3S. The molecule has 0 aromatic carbocycles. The van der Waals surface area contributed by atoms with Crippen molar-refractivity contribution in [3.63, 3.8) is 0 Å². The van der Waals surface area contributed by atoms with E-state index in [9.17, 15) is 0 Å². The molecule has 18 heavy (non-hydrogen) atoms. The van der Waals surface area contributed by atoms with Crippen molar-refractivity contribution >= 4 is 11.3 Å². The van der Waals surface area contributed by atoms with E-state index in [0.29, 0.717) is 18.0 Å². The Morgan fingerprint density at radius 1 is 1.50 bits per heavy atom. The molecule has 1 aromatic rings.